The van der Waals surface area contributed by atoms with Crippen LogP contribution < -0.4 is 19.0 Å². The van der Waals surface area contributed by atoms with Crippen molar-refractivity contribution in [2.45, 2.75) is 39.4 Å². The zero-order chi connectivity index (χ0) is 57.5. The van der Waals surface area contributed by atoms with Gasteiger partial charge in [-0.15, -0.1) is 0 Å². The molecule has 7 aromatic carbocycles. The monoisotopic (exact) mass is 1150 g/mol. The molecule has 406 valence electrons. The summed E-state index contributed by atoms with van der Waals surface area (Å²) in [7, 11) is 0. The first kappa shape index (κ1) is 52.7. The van der Waals surface area contributed by atoms with Crippen molar-refractivity contribution in [3.8, 4) is 62.8 Å². The molecule has 0 unspecified atom stereocenters. The molecule has 0 spiro atoms. The minimum absolute atomic E-state index is 0.0573. The maximum Gasteiger partial charge on any atom is 0.335 e. The second-order valence-corrected chi connectivity index (χ2v) is 21.2. The Bertz CT molecular complexity index is 4470. The number of rotatable bonds is 12. The van der Waals surface area contributed by atoms with E-state index in [2.05, 4.69) is 42.9 Å². The number of fused-ring (bicyclic) bond motifs is 20. The van der Waals surface area contributed by atoms with Crippen molar-refractivity contribution in [2.24, 2.45) is 0 Å². The fourth-order valence-corrected chi connectivity index (χ4v) is 10.4. The predicted octanol–water partition coefficient (Wildman–Crippen LogP) is 12.5. The summed E-state index contributed by atoms with van der Waals surface area (Å²) in [6.07, 6.45) is 0. The fraction of sp³-hybridized carbons (Fsp3) is 0.102. The number of aromatic nitrogens is 9. The van der Waals surface area contributed by atoms with Gasteiger partial charge in [-0.05, 0) is 88.8 Å². The van der Waals surface area contributed by atoms with Crippen LogP contribution in [-0.4, -0.2) is 84.4 Å². The van der Waals surface area contributed by atoms with Crippen LogP contribution in [0, 0.1) is 0 Å². The second-order valence-electron chi connectivity index (χ2n) is 20.0. The summed E-state index contributed by atoms with van der Waals surface area (Å²) in [6, 6.07) is 32.4. The van der Waals surface area contributed by atoms with Gasteiger partial charge in [-0.1, -0.05) is 104 Å². The maximum atomic E-state index is 11.9. The van der Waals surface area contributed by atoms with Gasteiger partial charge in [0.1, 0.15) is 58.0 Å². The first-order valence-electron chi connectivity index (χ1n) is 24.8. The van der Waals surface area contributed by atoms with Gasteiger partial charge in [0.15, 0.2) is 17.4 Å². The van der Waals surface area contributed by atoms with Crippen molar-refractivity contribution >= 4 is 103 Å². The number of aromatic amines is 2. The quantitative estimate of drug-likeness (QED) is 0.0489. The molecule has 20 nitrogen and oxygen atoms in total. The molecule has 0 saturated heterocycles. The van der Waals surface area contributed by atoms with Crippen molar-refractivity contribution in [3.63, 3.8) is 0 Å². The first-order chi connectivity index (χ1) is 39.2. The Hall–Kier alpha value is -10.0. The van der Waals surface area contributed by atoms with Crippen LogP contribution >= 0.6 is 34.8 Å². The molecular weight excluding hydrogens is 1120 g/mol. The lowest BCUT2D eigenvalue weighted by molar-refractivity contribution is -0.711. The third-order valence-corrected chi connectivity index (χ3v) is 14.7. The molecule has 0 saturated carbocycles. The van der Waals surface area contributed by atoms with E-state index in [1.165, 1.54) is 16.9 Å². The second kappa shape index (κ2) is 20.3. The van der Waals surface area contributed by atoms with Gasteiger partial charge in [0, 0.05) is 28.0 Å². The Kier molecular flexibility index (Phi) is 13.0. The third kappa shape index (κ3) is 9.73. The molecule has 2 aliphatic rings. The summed E-state index contributed by atoms with van der Waals surface area (Å²) in [5.41, 5.74) is 4.14. The molecule has 8 bridgehead atoms. The number of benzene rings is 7. The van der Waals surface area contributed by atoms with Crippen LogP contribution in [-0.2, 0) is 18.6 Å². The first-order valence-corrected chi connectivity index (χ1v) is 26.0. The molecule has 0 atom stereocenters. The topological polar surface area (TPSA) is 290 Å². The van der Waals surface area contributed by atoms with E-state index in [0.717, 1.165) is 52.7 Å². The molecule has 0 radical (unpaired) electrons. The van der Waals surface area contributed by atoms with Gasteiger partial charge >= 0.3 is 23.9 Å². The third-order valence-electron chi connectivity index (χ3n) is 13.5. The van der Waals surface area contributed by atoms with Crippen LogP contribution in [0.1, 0.15) is 78.9 Å². The molecule has 0 fully saturated rings. The van der Waals surface area contributed by atoms with E-state index < -0.39 is 23.9 Å². The van der Waals surface area contributed by atoms with Crippen molar-refractivity contribution in [3.05, 3.63) is 175 Å². The number of carboxylic acid groups (broad SMARTS) is 4. The van der Waals surface area contributed by atoms with Crippen LogP contribution in [0.2, 0.25) is 15.1 Å². The van der Waals surface area contributed by atoms with E-state index in [1.807, 2.05) is 54.6 Å². The molecule has 12 rings (SSSR count). The van der Waals surface area contributed by atoms with Gasteiger partial charge in [-0.2, -0.15) is 0 Å². The van der Waals surface area contributed by atoms with Crippen molar-refractivity contribution in [1.82, 2.24) is 40.1 Å². The highest BCUT2D eigenvalue weighted by Crippen LogP contribution is 2.49. The van der Waals surface area contributed by atoms with Crippen LogP contribution in [0.25, 0.3) is 84.0 Å². The van der Waals surface area contributed by atoms with Crippen LogP contribution in [0.3, 0.4) is 0 Å². The summed E-state index contributed by atoms with van der Waals surface area (Å²) >= 11 is 22.0. The number of nitrogens with one attached hydrogen (secondary N) is 2. The Labute approximate surface area is 476 Å². The molecule has 82 heavy (non-hydrogen) atoms. The number of H-pyrrole nitrogens is 2. The molecule has 3 aromatic heterocycles. The molecule has 6 N–H and O–H groups in total. The number of carboxylic acids is 4. The Morgan fingerprint density at radius 3 is 1.56 bits per heavy atom. The highest BCUT2D eigenvalue weighted by Gasteiger charge is 2.31. The number of hydrogen-bond donors (Lipinski definition) is 6. The highest BCUT2D eigenvalue weighted by molar-refractivity contribution is 6.51. The van der Waals surface area contributed by atoms with Gasteiger partial charge in [-0.25, -0.2) is 39.1 Å². The average molecular weight is 1160 g/mol. The van der Waals surface area contributed by atoms with E-state index in [4.69, 9.17) is 79.1 Å². The number of ether oxygens (including phenoxy) is 3. The summed E-state index contributed by atoms with van der Waals surface area (Å²) in [4.78, 5) is 76.3. The van der Waals surface area contributed by atoms with Gasteiger partial charge in [0.2, 0.25) is 11.5 Å². The predicted molar refractivity (Wildman–Crippen MR) is 302 cm³/mol. The van der Waals surface area contributed by atoms with Crippen LogP contribution in [0.5, 0.6) is 23.0 Å². The number of aromatic carboxylic acids is 4. The number of carbonyl (C=O) groups is 4. The van der Waals surface area contributed by atoms with Gasteiger partial charge in [0.05, 0.1) is 58.1 Å². The van der Waals surface area contributed by atoms with Gasteiger partial charge in [-0.3, -0.25) is 0 Å². The summed E-state index contributed by atoms with van der Waals surface area (Å²) < 4.78 is 18.5. The number of nitrogens with zero attached hydrogens (tertiary/aromatic N) is 7. The average Bonchev–Trinajstić information content (AvgIpc) is 3.67. The Morgan fingerprint density at radius 1 is 0.500 bits per heavy atom. The summed E-state index contributed by atoms with van der Waals surface area (Å²) in [5, 5.41) is 50.6. The lowest BCUT2D eigenvalue weighted by atomic mass is 9.86. The SMILES string of the molecule is CC(C)(C)c1ccc2c3nc4nc(nc5[nH]c(n[n+]6nc(nc([nH]3)c2c1)-c1ccccc1-6)c1c(Cl)c(Oc2cc(COc3cc(C(=O)O)cc(C(=O)O)c3)cc(COc3cc(C(=O)O)cc(C(=O)O)c3)c2)c(Cl)c(Cl)c51)-c1ccccc1-4. The molecule has 5 heterocycles. The van der Waals surface area contributed by atoms with Crippen molar-refractivity contribution in [2.75, 3.05) is 0 Å². The molecule has 0 amide bonds. The smallest absolute Gasteiger partial charge is 0.335 e. The van der Waals surface area contributed by atoms with E-state index >= 15 is 0 Å². The largest absolute Gasteiger partial charge is 0.489 e. The van der Waals surface area contributed by atoms with Crippen LogP contribution in [0.4, 0.5) is 0 Å². The van der Waals surface area contributed by atoms with Gasteiger partial charge < -0.3 is 44.6 Å². The lowest BCUT2D eigenvalue weighted by Crippen LogP contribution is -2.35. The number of para-hydroxylation sites is 1. The van der Waals surface area contributed by atoms with Crippen LogP contribution in [0.15, 0.2) is 121 Å². The molecule has 0 aliphatic carbocycles. The number of hydrogen-bond acceptors (Lipinski definition) is 13. The molecule has 10 aromatic rings. The zero-order valence-electron chi connectivity index (χ0n) is 42.9. The maximum absolute atomic E-state index is 11.9. The fourth-order valence-electron chi connectivity index (χ4n) is 9.54. The summed E-state index contributed by atoms with van der Waals surface area (Å²) in [5.74, 6) is -4.83. The summed E-state index contributed by atoms with van der Waals surface area (Å²) in [6.45, 7) is 5.80. The van der Waals surface area contributed by atoms with E-state index in [9.17, 15) is 39.6 Å². The van der Waals surface area contributed by atoms with Crippen molar-refractivity contribution in [1.29, 1.82) is 0 Å². The number of halogens is 3. The standard InChI is InChI=1S/C59H38Cl3N9O11/c1-59(2,3)32-12-13-38-40(23-32)51-65-50(38)64-48-36-8-4-5-9-37(36)49(63-48)67-53-42-43(54(68-53)70-71-41-11-7-6-10-39(41)52(66-51)69-71)45(61)47(46(62)44(42)60)82-35-15-26(24-80-33-19-28(55(72)73)17-29(20-33)56(74)75)14-27(16-35)25-81-34-21-30(57(76)77)18-31(22-34)58(78)79/h4-23H,24-25H2,1-3H3,(H5,63,64,65,66,67,68,69,70,72,73,74,75,76,77,78,79)/p+1. The highest BCUT2D eigenvalue weighted by atomic mass is 35.5. The van der Waals surface area contributed by atoms with E-state index in [1.54, 1.807) is 6.07 Å². The normalized spacial score (nSPS) is 11.8. The zero-order valence-corrected chi connectivity index (χ0v) is 45.1. The molecule has 2 aliphatic heterocycles. The van der Waals surface area contributed by atoms with Gasteiger partial charge in [0.25, 0.3) is 5.69 Å². The minimum Gasteiger partial charge on any atom is -0.489 e. The van der Waals surface area contributed by atoms with Crippen molar-refractivity contribution < 1.29 is 58.6 Å². The molecule has 23 heteroatoms. The van der Waals surface area contributed by atoms with E-state index in [-0.39, 0.29) is 107 Å². The van der Waals surface area contributed by atoms with E-state index in [0.29, 0.717) is 56.4 Å². The minimum atomic E-state index is -1.39. The Morgan fingerprint density at radius 2 is 1.00 bits per heavy atom. The molecular formula is C59H39Cl3N9O11+. The Balaban J connectivity index is 1.05. The lowest BCUT2D eigenvalue weighted by Gasteiger charge is -2.18.